The molecule has 0 aromatic carbocycles. The Morgan fingerprint density at radius 1 is 1.38 bits per heavy atom. The van der Waals surface area contributed by atoms with Crippen LogP contribution in [-0.2, 0) is 0 Å². The van der Waals surface area contributed by atoms with Crippen LogP contribution in [0.5, 0.6) is 0 Å². The van der Waals surface area contributed by atoms with E-state index in [1.165, 1.54) is 19.3 Å². The van der Waals surface area contributed by atoms with Gasteiger partial charge in [0.1, 0.15) is 16.6 Å². The number of nitrogens with one attached hydrogen (secondary N) is 1. The van der Waals surface area contributed by atoms with Gasteiger partial charge < -0.3 is 4.98 Å². The second-order valence-corrected chi connectivity index (χ2v) is 5.43. The molecule has 5 heteroatoms. The Hall–Kier alpha value is -0.610. The molecule has 0 unspecified atom stereocenters. The average molecular weight is 301 g/mol. The highest BCUT2D eigenvalue weighted by Crippen LogP contribution is 2.42. The third-order valence-corrected chi connectivity index (χ3v) is 4.49. The zero-order valence-corrected chi connectivity index (χ0v) is 11.2. The first-order chi connectivity index (χ1) is 7.66. The quantitative estimate of drug-likeness (QED) is 0.866. The Labute approximate surface area is 107 Å². The van der Waals surface area contributed by atoms with Gasteiger partial charge in [0.05, 0.1) is 15.6 Å². The number of hydrogen-bond donors (Lipinski definition) is 1. The van der Waals surface area contributed by atoms with Crippen LogP contribution in [0.3, 0.4) is 0 Å². The fourth-order valence-corrected chi connectivity index (χ4v) is 2.82. The van der Waals surface area contributed by atoms with Crippen molar-refractivity contribution in [3.05, 3.63) is 21.1 Å². The molecule has 1 N–H and O–H groups in total. The van der Waals surface area contributed by atoms with E-state index >= 15 is 0 Å². The molecule has 0 saturated heterocycles. The smallest absolute Gasteiger partial charge is 0.143 e. The SMILES string of the molecule is Cc1nc(C2CCC2)c2c(Br)c(Cl)[nH]c2n1. The van der Waals surface area contributed by atoms with Gasteiger partial charge in [-0.2, -0.15) is 0 Å². The number of nitrogens with zero attached hydrogens (tertiary/aromatic N) is 2. The molecule has 2 aromatic rings. The van der Waals surface area contributed by atoms with Crippen LogP contribution in [-0.4, -0.2) is 15.0 Å². The van der Waals surface area contributed by atoms with Crippen molar-refractivity contribution < 1.29 is 0 Å². The van der Waals surface area contributed by atoms with Crippen LogP contribution in [0.15, 0.2) is 4.47 Å². The van der Waals surface area contributed by atoms with Gasteiger partial charge in [0, 0.05) is 5.92 Å². The van der Waals surface area contributed by atoms with Gasteiger partial charge in [0.2, 0.25) is 0 Å². The monoisotopic (exact) mass is 299 g/mol. The molecule has 3 nitrogen and oxygen atoms in total. The van der Waals surface area contributed by atoms with E-state index in [1.54, 1.807) is 0 Å². The standard InChI is InChI=1S/C11H11BrClN3/c1-5-14-9(6-3-2-4-6)7-8(12)10(13)16-11(7)15-5/h6H,2-4H2,1H3,(H,14,15,16). The average Bonchev–Trinajstić information content (AvgIpc) is 2.39. The van der Waals surface area contributed by atoms with Crippen molar-refractivity contribution in [1.29, 1.82) is 0 Å². The largest absolute Gasteiger partial charge is 0.329 e. The maximum Gasteiger partial charge on any atom is 0.143 e. The van der Waals surface area contributed by atoms with Crippen LogP contribution in [0.1, 0.15) is 36.7 Å². The molecule has 0 aliphatic heterocycles. The summed E-state index contributed by atoms with van der Waals surface area (Å²) in [7, 11) is 0. The molecule has 1 saturated carbocycles. The summed E-state index contributed by atoms with van der Waals surface area (Å²) in [6, 6.07) is 0. The summed E-state index contributed by atoms with van der Waals surface area (Å²) in [5.41, 5.74) is 1.98. The maximum absolute atomic E-state index is 6.07. The zero-order valence-electron chi connectivity index (χ0n) is 8.85. The van der Waals surface area contributed by atoms with Gasteiger partial charge in [-0.1, -0.05) is 18.0 Å². The number of halogens is 2. The highest BCUT2D eigenvalue weighted by molar-refractivity contribution is 9.10. The molecule has 3 rings (SSSR count). The van der Waals surface area contributed by atoms with Crippen LogP contribution < -0.4 is 0 Å². The summed E-state index contributed by atoms with van der Waals surface area (Å²) in [6.07, 6.45) is 3.74. The number of aromatic nitrogens is 3. The van der Waals surface area contributed by atoms with E-state index < -0.39 is 0 Å². The van der Waals surface area contributed by atoms with E-state index in [2.05, 4.69) is 30.9 Å². The third kappa shape index (κ3) is 1.47. The first-order valence-electron chi connectivity index (χ1n) is 5.38. The molecule has 0 atom stereocenters. The van der Waals surface area contributed by atoms with Crippen molar-refractivity contribution in [1.82, 2.24) is 15.0 Å². The molecule has 2 aromatic heterocycles. The van der Waals surface area contributed by atoms with E-state index in [4.69, 9.17) is 11.6 Å². The number of aryl methyl sites for hydroxylation is 1. The van der Waals surface area contributed by atoms with Gasteiger partial charge in [0.25, 0.3) is 0 Å². The summed E-state index contributed by atoms with van der Waals surface area (Å²) in [5, 5.41) is 1.66. The Kier molecular flexibility index (Phi) is 2.44. The number of H-pyrrole nitrogens is 1. The fourth-order valence-electron chi connectivity index (χ4n) is 2.15. The van der Waals surface area contributed by atoms with Crippen molar-refractivity contribution in [2.24, 2.45) is 0 Å². The van der Waals surface area contributed by atoms with Crippen molar-refractivity contribution in [3.8, 4) is 0 Å². The van der Waals surface area contributed by atoms with Gasteiger partial charge in [-0.05, 0) is 35.7 Å². The molecule has 1 aliphatic carbocycles. The molecule has 84 valence electrons. The lowest BCUT2D eigenvalue weighted by molar-refractivity contribution is 0.413. The van der Waals surface area contributed by atoms with Crippen molar-refractivity contribution in [2.75, 3.05) is 0 Å². The fraction of sp³-hybridized carbons (Fsp3) is 0.455. The number of aromatic amines is 1. The molecule has 1 fully saturated rings. The predicted molar refractivity (Wildman–Crippen MR) is 67.9 cm³/mol. The Bertz CT molecular complexity index is 560. The van der Waals surface area contributed by atoms with E-state index in [9.17, 15) is 0 Å². The van der Waals surface area contributed by atoms with Crippen LogP contribution in [0.25, 0.3) is 11.0 Å². The van der Waals surface area contributed by atoms with Crippen LogP contribution in [0.2, 0.25) is 5.15 Å². The maximum atomic E-state index is 6.07. The molecule has 16 heavy (non-hydrogen) atoms. The van der Waals surface area contributed by atoms with Gasteiger partial charge in [-0.3, -0.25) is 0 Å². The number of rotatable bonds is 1. The molecular weight excluding hydrogens is 289 g/mol. The van der Waals surface area contributed by atoms with Crippen molar-refractivity contribution >= 4 is 38.6 Å². The van der Waals surface area contributed by atoms with Gasteiger partial charge in [0.15, 0.2) is 0 Å². The molecule has 0 spiro atoms. The third-order valence-electron chi connectivity index (χ3n) is 3.18. The van der Waals surface area contributed by atoms with Gasteiger partial charge in [-0.15, -0.1) is 0 Å². The molecule has 0 bridgehead atoms. The van der Waals surface area contributed by atoms with Crippen molar-refractivity contribution in [3.63, 3.8) is 0 Å². The van der Waals surface area contributed by atoms with Crippen LogP contribution in [0, 0.1) is 6.92 Å². The summed E-state index contributed by atoms with van der Waals surface area (Å²) in [4.78, 5) is 12.0. The van der Waals surface area contributed by atoms with E-state index in [0.717, 1.165) is 27.0 Å². The summed E-state index contributed by atoms with van der Waals surface area (Å²) >= 11 is 9.58. The Morgan fingerprint density at radius 2 is 2.12 bits per heavy atom. The lowest BCUT2D eigenvalue weighted by Gasteiger charge is -2.25. The summed E-state index contributed by atoms with van der Waals surface area (Å²) < 4.78 is 0.895. The lowest BCUT2D eigenvalue weighted by atomic mass is 9.82. The molecule has 1 aliphatic rings. The first kappa shape index (κ1) is 10.5. The minimum absolute atomic E-state index is 0.576. The minimum Gasteiger partial charge on any atom is -0.329 e. The zero-order chi connectivity index (χ0) is 11.3. The highest BCUT2D eigenvalue weighted by Gasteiger charge is 2.26. The second kappa shape index (κ2) is 3.70. The molecular formula is C11H11BrClN3. The Balaban J connectivity index is 2.31. The van der Waals surface area contributed by atoms with Crippen LogP contribution in [0.4, 0.5) is 0 Å². The van der Waals surface area contributed by atoms with Gasteiger partial charge in [-0.25, -0.2) is 9.97 Å². The molecule has 2 heterocycles. The van der Waals surface area contributed by atoms with E-state index in [0.29, 0.717) is 11.1 Å². The molecule has 0 radical (unpaired) electrons. The normalized spacial score (nSPS) is 16.7. The van der Waals surface area contributed by atoms with Gasteiger partial charge >= 0.3 is 0 Å². The molecule has 0 amide bonds. The number of fused-ring (bicyclic) bond motifs is 1. The highest BCUT2D eigenvalue weighted by atomic mass is 79.9. The predicted octanol–water partition coefficient (Wildman–Crippen LogP) is 3.95. The second-order valence-electron chi connectivity index (χ2n) is 4.26. The Morgan fingerprint density at radius 3 is 2.75 bits per heavy atom. The van der Waals surface area contributed by atoms with Crippen LogP contribution >= 0.6 is 27.5 Å². The van der Waals surface area contributed by atoms with E-state index in [1.807, 2.05) is 6.92 Å². The van der Waals surface area contributed by atoms with E-state index in [-0.39, 0.29) is 0 Å². The number of hydrogen-bond acceptors (Lipinski definition) is 2. The summed E-state index contributed by atoms with van der Waals surface area (Å²) in [5.74, 6) is 1.38. The van der Waals surface area contributed by atoms with Crippen molar-refractivity contribution in [2.45, 2.75) is 32.1 Å². The minimum atomic E-state index is 0.576. The summed E-state index contributed by atoms with van der Waals surface area (Å²) in [6.45, 7) is 1.92. The lowest BCUT2D eigenvalue weighted by Crippen LogP contribution is -2.12. The topological polar surface area (TPSA) is 41.6 Å². The first-order valence-corrected chi connectivity index (χ1v) is 6.55.